The summed E-state index contributed by atoms with van der Waals surface area (Å²) in [5.74, 6) is 0.527. The molecule has 0 aromatic carbocycles. The first-order chi connectivity index (χ1) is 12.3. The number of hydrogen-bond donors (Lipinski definition) is 3. The molecule has 1 aromatic heterocycles. The van der Waals surface area contributed by atoms with Crippen molar-refractivity contribution in [2.24, 2.45) is 4.99 Å². The summed E-state index contributed by atoms with van der Waals surface area (Å²) >= 11 is 0. The minimum Gasteiger partial charge on any atom is -0.357 e. The number of nitrogens with zero attached hydrogens (tertiary/aromatic N) is 3. The fourth-order valence-corrected chi connectivity index (χ4v) is 2.80. The maximum atomic E-state index is 13.9. The number of anilines is 1. The molecule has 0 radical (unpaired) electrons. The van der Waals surface area contributed by atoms with Crippen molar-refractivity contribution < 1.29 is 9.18 Å². The van der Waals surface area contributed by atoms with Crippen LogP contribution in [0, 0.1) is 5.82 Å². The maximum Gasteiger partial charge on any atom is 0.242 e. The standard InChI is InChI=1S/C18H29FN6O.HI/c1-5-20-17(22-11-15(26)24-18(2,3)4)23-13-8-10-25(12-13)16-14(19)7-6-9-21-16;/h6-7,9,13H,5,8,10-12H2,1-4H3,(H,24,26)(H2,20,22,23);1H. The van der Waals surface area contributed by atoms with Crippen LogP contribution in [-0.4, -0.2) is 54.6 Å². The Morgan fingerprint density at radius 2 is 2.19 bits per heavy atom. The number of guanidine groups is 1. The van der Waals surface area contributed by atoms with E-state index in [1.807, 2.05) is 32.6 Å². The van der Waals surface area contributed by atoms with Crippen molar-refractivity contribution in [2.45, 2.75) is 45.7 Å². The van der Waals surface area contributed by atoms with Gasteiger partial charge in [0.15, 0.2) is 17.6 Å². The highest BCUT2D eigenvalue weighted by Crippen LogP contribution is 2.20. The molecule has 1 unspecified atom stereocenters. The second kappa shape index (κ2) is 10.6. The molecular formula is C18H30FIN6O. The molecule has 1 atom stereocenters. The number of hydrogen-bond acceptors (Lipinski definition) is 4. The highest BCUT2D eigenvalue weighted by molar-refractivity contribution is 14.0. The Morgan fingerprint density at radius 3 is 2.81 bits per heavy atom. The van der Waals surface area contributed by atoms with Gasteiger partial charge in [0.25, 0.3) is 0 Å². The predicted molar refractivity (Wildman–Crippen MR) is 117 cm³/mol. The number of carbonyl (C=O) groups is 1. The van der Waals surface area contributed by atoms with Crippen LogP contribution in [-0.2, 0) is 4.79 Å². The summed E-state index contributed by atoms with van der Waals surface area (Å²) in [4.78, 5) is 22.3. The van der Waals surface area contributed by atoms with Gasteiger partial charge in [0.1, 0.15) is 6.54 Å². The molecular weight excluding hydrogens is 462 g/mol. The molecule has 1 fully saturated rings. The fourth-order valence-electron chi connectivity index (χ4n) is 2.80. The molecule has 27 heavy (non-hydrogen) atoms. The van der Waals surface area contributed by atoms with Crippen LogP contribution in [0.5, 0.6) is 0 Å². The van der Waals surface area contributed by atoms with Crippen LogP contribution in [0.15, 0.2) is 23.3 Å². The Labute approximate surface area is 177 Å². The molecule has 0 spiro atoms. The van der Waals surface area contributed by atoms with Gasteiger partial charge in [-0.3, -0.25) is 4.79 Å². The van der Waals surface area contributed by atoms with Crippen LogP contribution >= 0.6 is 24.0 Å². The number of pyridine rings is 1. The molecule has 0 bridgehead atoms. The van der Waals surface area contributed by atoms with Crippen LogP contribution < -0.4 is 20.9 Å². The zero-order valence-electron chi connectivity index (χ0n) is 16.4. The lowest BCUT2D eigenvalue weighted by Crippen LogP contribution is -2.46. The van der Waals surface area contributed by atoms with Crippen molar-refractivity contribution in [3.05, 3.63) is 24.1 Å². The average molecular weight is 492 g/mol. The summed E-state index contributed by atoms with van der Waals surface area (Å²) in [7, 11) is 0. The SMILES string of the molecule is CCNC(=NCC(=O)NC(C)(C)C)NC1CCN(c2ncccc2F)C1.I. The van der Waals surface area contributed by atoms with Gasteiger partial charge < -0.3 is 20.9 Å². The number of nitrogens with one attached hydrogen (secondary N) is 3. The van der Waals surface area contributed by atoms with Crippen LogP contribution in [0.1, 0.15) is 34.1 Å². The second-order valence-electron chi connectivity index (χ2n) is 7.38. The number of halogens is 2. The summed E-state index contributed by atoms with van der Waals surface area (Å²) in [6, 6.07) is 3.12. The van der Waals surface area contributed by atoms with Gasteiger partial charge in [-0.2, -0.15) is 0 Å². The smallest absolute Gasteiger partial charge is 0.242 e. The van der Waals surface area contributed by atoms with Gasteiger partial charge >= 0.3 is 0 Å². The number of aliphatic imine (C=N–C) groups is 1. The molecule has 3 N–H and O–H groups in total. The summed E-state index contributed by atoms with van der Waals surface area (Å²) < 4.78 is 13.9. The summed E-state index contributed by atoms with van der Waals surface area (Å²) in [5.41, 5.74) is -0.281. The van der Waals surface area contributed by atoms with Gasteiger partial charge in [0.2, 0.25) is 5.91 Å². The monoisotopic (exact) mass is 492 g/mol. The molecule has 7 nitrogen and oxygen atoms in total. The minimum absolute atomic E-state index is 0. The van der Waals surface area contributed by atoms with Gasteiger partial charge in [0, 0.05) is 37.4 Å². The van der Waals surface area contributed by atoms with E-state index in [4.69, 9.17) is 0 Å². The lowest BCUT2D eigenvalue weighted by Gasteiger charge is -2.21. The highest BCUT2D eigenvalue weighted by Gasteiger charge is 2.26. The van der Waals surface area contributed by atoms with Crippen LogP contribution in [0.2, 0.25) is 0 Å². The van der Waals surface area contributed by atoms with E-state index >= 15 is 0 Å². The van der Waals surface area contributed by atoms with E-state index < -0.39 is 0 Å². The van der Waals surface area contributed by atoms with Crippen molar-refractivity contribution in [1.29, 1.82) is 0 Å². The van der Waals surface area contributed by atoms with Crippen molar-refractivity contribution in [2.75, 3.05) is 31.1 Å². The fraction of sp³-hybridized carbons (Fsp3) is 0.611. The first-order valence-corrected chi connectivity index (χ1v) is 9.00. The van der Waals surface area contributed by atoms with E-state index in [-0.39, 0.29) is 53.8 Å². The Balaban J connectivity index is 0.00000364. The first kappa shape index (κ1) is 23.4. The van der Waals surface area contributed by atoms with Gasteiger partial charge in [-0.25, -0.2) is 14.4 Å². The quantitative estimate of drug-likeness (QED) is 0.333. The lowest BCUT2D eigenvalue weighted by atomic mass is 10.1. The van der Waals surface area contributed by atoms with Crippen molar-refractivity contribution in [1.82, 2.24) is 20.9 Å². The molecule has 1 saturated heterocycles. The molecule has 1 amide bonds. The Morgan fingerprint density at radius 1 is 1.44 bits per heavy atom. The molecule has 1 aliphatic heterocycles. The maximum absolute atomic E-state index is 13.9. The molecule has 0 aliphatic carbocycles. The van der Waals surface area contributed by atoms with Crippen LogP contribution in [0.3, 0.4) is 0 Å². The molecule has 2 rings (SSSR count). The zero-order valence-corrected chi connectivity index (χ0v) is 18.7. The highest BCUT2D eigenvalue weighted by atomic mass is 127. The van der Waals surface area contributed by atoms with Gasteiger partial charge in [-0.1, -0.05) is 0 Å². The van der Waals surface area contributed by atoms with Gasteiger partial charge in [-0.15, -0.1) is 24.0 Å². The lowest BCUT2D eigenvalue weighted by molar-refractivity contribution is -0.121. The van der Waals surface area contributed by atoms with Gasteiger partial charge in [-0.05, 0) is 46.2 Å². The Hall–Kier alpha value is -1.65. The first-order valence-electron chi connectivity index (χ1n) is 9.00. The van der Waals surface area contributed by atoms with Gasteiger partial charge in [0.05, 0.1) is 0 Å². The molecule has 0 saturated carbocycles. The zero-order chi connectivity index (χ0) is 19.2. The Bertz CT molecular complexity index is 649. The van der Waals surface area contributed by atoms with E-state index in [2.05, 4.69) is 25.9 Å². The van der Waals surface area contributed by atoms with E-state index in [0.29, 0.717) is 24.9 Å². The van der Waals surface area contributed by atoms with Crippen molar-refractivity contribution >= 4 is 41.7 Å². The third kappa shape index (κ3) is 7.86. The summed E-state index contributed by atoms with van der Waals surface area (Å²) in [6.45, 7) is 9.86. The Kier molecular flexibility index (Phi) is 9.20. The topological polar surface area (TPSA) is 81.6 Å². The average Bonchev–Trinajstić information content (AvgIpc) is 3.00. The third-order valence-corrected chi connectivity index (χ3v) is 3.81. The van der Waals surface area contributed by atoms with Crippen LogP contribution in [0.4, 0.5) is 10.2 Å². The molecule has 152 valence electrons. The predicted octanol–water partition coefficient (Wildman–Crippen LogP) is 1.89. The second-order valence-corrected chi connectivity index (χ2v) is 7.38. The summed E-state index contributed by atoms with van der Waals surface area (Å²) in [6.07, 6.45) is 2.44. The number of rotatable bonds is 5. The number of carbonyl (C=O) groups excluding carboxylic acids is 1. The van der Waals surface area contributed by atoms with E-state index in [9.17, 15) is 9.18 Å². The largest absolute Gasteiger partial charge is 0.357 e. The van der Waals surface area contributed by atoms with E-state index in [1.165, 1.54) is 6.07 Å². The minimum atomic E-state index is -0.312. The van der Waals surface area contributed by atoms with Crippen molar-refractivity contribution in [3.63, 3.8) is 0 Å². The third-order valence-electron chi connectivity index (χ3n) is 3.81. The normalized spacial score (nSPS) is 17.3. The number of aromatic nitrogens is 1. The number of amides is 1. The van der Waals surface area contributed by atoms with E-state index in [1.54, 1.807) is 12.3 Å². The molecule has 1 aromatic rings. The van der Waals surface area contributed by atoms with Crippen molar-refractivity contribution in [3.8, 4) is 0 Å². The van der Waals surface area contributed by atoms with Crippen LogP contribution in [0.25, 0.3) is 0 Å². The molecule has 1 aliphatic rings. The molecule has 2 heterocycles. The summed E-state index contributed by atoms with van der Waals surface area (Å²) in [5, 5.41) is 9.35. The van der Waals surface area contributed by atoms with E-state index in [0.717, 1.165) is 13.0 Å². The molecule has 9 heteroatoms.